The predicted molar refractivity (Wildman–Crippen MR) is 60.6 cm³/mol. The molecular weight excluding hydrogens is 247 g/mol. The van der Waals surface area contributed by atoms with E-state index in [0.717, 1.165) is 25.1 Å². The molecule has 100 valence electrons. The smallest absolute Gasteiger partial charge is 0.406 e. The lowest BCUT2D eigenvalue weighted by Gasteiger charge is -2.25. The first-order chi connectivity index (χ1) is 8.49. The Morgan fingerprint density at radius 1 is 1.28 bits per heavy atom. The number of aliphatic hydroxyl groups excluding tert-OH is 1. The highest BCUT2D eigenvalue weighted by Gasteiger charge is 2.31. The Morgan fingerprint density at radius 2 is 1.94 bits per heavy atom. The van der Waals surface area contributed by atoms with Gasteiger partial charge in [0.1, 0.15) is 5.75 Å². The summed E-state index contributed by atoms with van der Waals surface area (Å²) in [7, 11) is 0. The van der Waals surface area contributed by atoms with Gasteiger partial charge < -0.3 is 14.7 Å². The molecule has 0 unspecified atom stereocenters. The van der Waals surface area contributed by atoms with Gasteiger partial charge in [-0.05, 0) is 37.1 Å². The molecule has 1 saturated heterocycles. The highest BCUT2D eigenvalue weighted by molar-refractivity contribution is 5.50. The molecule has 1 aliphatic rings. The second kappa shape index (κ2) is 5.06. The summed E-state index contributed by atoms with van der Waals surface area (Å²) in [6.07, 6.45) is -2.79. The molecule has 0 radical (unpaired) electrons. The van der Waals surface area contributed by atoms with E-state index < -0.39 is 6.36 Å². The molecule has 2 rings (SSSR count). The van der Waals surface area contributed by atoms with E-state index in [-0.39, 0.29) is 18.4 Å². The van der Waals surface area contributed by atoms with Crippen molar-refractivity contribution in [3.8, 4) is 5.75 Å². The van der Waals surface area contributed by atoms with Gasteiger partial charge in [0.05, 0.1) is 12.6 Å². The van der Waals surface area contributed by atoms with Crippen LogP contribution in [0.4, 0.5) is 18.9 Å². The summed E-state index contributed by atoms with van der Waals surface area (Å²) in [4.78, 5) is 2.00. The van der Waals surface area contributed by atoms with E-state index in [1.165, 1.54) is 12.1 Å². The first-order valence-electron chi connectivity index (χ1n) is 5.73. The van der Waals surface area contributed by atoms with Crippen LogP contribution in [0.5, 0.6) is 5.75 Å². The van der Waals surface area contributed by atoms with E-state index in [9.17, 15) is 18.3 Å². The molecule has 18 heavy (non-hydrogen) atoms. The summed E-state index contributed by atoms with van der Waals surface area (Å²) in [6, 6.07) is 5.79. The van der Waals surface area contributed by atoms with Gasteiger partial charge in [0.25, 0.3) is 0 Å². The zero-order valence-corrected chi connectivity index (χ0v) is 9.65. The molecule has 1 aromatic carbocycles. The Bertz CT molecular complexity index is 391. The maximum Gasteiger partial charge on any atom is 0.573 e. The molecule has 0 amide bonds. The fourth-order valence-corrected chi connectivity index (χ4v) is 2.20. The molecule has 1 atom stereocenters. The third-order valence-corrected chi connectivity index (χ3v) is 2.99. The summed E-state index contributed by atoms with van der Waals surface area (Å²) >= 11 is 0. The second-order valence-electron chi connectivity index (χ2n) is 4.21. The monoisotopic (exact) mass is 261 g/mol. The first-order valence-corrected chi connectivity index (χ1v) is 5.73. The van der Waals surface area contributed by atoms with E-state index in [1.807, 2.05) is 4.90 Å². The third-order valence-electron chi connectivity index (χ3n) is 2.99. The van der Waals surface area contributed by atoms with E-state index >= 15 is 0 Å². The zero-order valence-electron chi connectivity index (χ0n) is 9.65. The SMILES string of the molecule is OC[C@@H]1CCCN1c1ccc(OC(F)(F)F)cc1. The summed E-state index contributed by atoms with van der Waals surface area (Å²) in [5, 5.41) is 9.19. The molecular formula is C12H14F3NO2. The molecule has 1 heterocycles. The summed E-state index contributed by atoms with van der Waals surface area (Å²) in [5.74, 6) is -0.231. The largest absolute Gasteiger partial charge is 0.573 e. The van der Waals surface area contributed by atoms with Crippen molar-refractivity contribution in [3.05, 3.63) is 24.3 Å². The minimum absolute atomic E-state index is 0.0550. The summed E-state index contributed by atoms with van der Waals surface area (Å²) in [5.41, 5.74) is 0.807. The van der Waals surface area contributed by atoms with Gasteiger partial charge in [0.2, 0.25) is 0 Å². The van der Waals surface area contributed by atoms with Crippen LogP contribution < -0.4 is 9.64 Å². The van der Waals surface area contributed by atoms with Gasteiger partial charge in [-0.1, -0.05) is 0 Å². The van der Waals surface area contributed by atoms with Crippen LogP contribution in [0.15, 0.2) is 24.3 Å². The highest BCUT2D eigenvalue weighted by atomic mass is 19.4. The molecule has 0 aromatic heterocycles. The number of aliphatic hydroxyl groups is 1. The molecule has 0 spiro atoms. The Balaban J connectivity index is 2.08. The van der Waals surface area contributed by atoms with Crippen LogP contribution in [0.3, 0.4) is 0 Å². The quantitative estimate of drug-likeness (QED) is 0.907. The molecule has 0 aliphatic carbocycles. The van der Waals surface area contributed by atoms with Gasteiger partial charge in [-0.15, -0.1) is 13.2 Å². The van der Waals surface area contributed by atoms with E-state index in [2.05, 4.69) is 4.74 Å². The number of halogens is 3. The first kappa shape index (κ1) is 13.0. The molecule has 1 N–H and O–H groups in total. The summed E-state index contributed by atoms with van der Waals surface area (Å²) < 4.78 is 39.8. The van der Waals surface area contributed by atoms with Gasteiger partial charge in [-0.3, -0.25) is 0 Å². The number of rotatable bonds is 3. The van der Waals surface area contributed by atoms with Crippen molar-refractivity contribution in [1.82, 2.24) is 0 Å². The lowest BCUT2D eigenvalue weighted by molar-refractivity contribution is -0.274. The minimum Gasteiger partial charge on any atom is -0.406 e. The number of ether oxygens (including phenoxy) is 1. The lowest BCUT2D eigenvalue weighted by Crippen LogP contribution is -2.31. The van der Waals surface area contributed by atoms with Crippen LogP contribution in [0, 0.1) is 0 Å². The topological polar surface area (TPSA) is 32.7 Å². The summed E-state index contributed by atoms with van der Waals surface area (Å²) in [6.45, 7) is 0.867. The van der Waals surface area contributed by atoms with Crippen molar-refractivity contribution >= 4 is 5.69 Å². The van der Waals surface area contributed by atoms with Crippen LogP contribution in [-0.4, -0.2) is 30.7 Å². The number of hydrogen-bond donors (Lipinski definition) is 1. The van der Waals surface area contributed by atoms with Crippen LogP contribution in [0.2, 0.25) is 0 Å². The van der Waals surface area contributed by atoms with Crippen molar-refractivity contribution in [3.63, 3.8) is 0 Å². The Morgan fingerprint density at radius 3 is 2.50 bits per heavy atom. The van der Waals surface area contributed by atoms with Gasteiger partial charge in [-0.25, -0.2) is 0 Å². The maximum absolute atomic E-state index is 12.0. The molecule has 1 aromatic rings. The van der Waals surface area contributed by atoms with Crippen molar-refractivity contribution in [2.75, 3.05) is 18.1 Å². The Labute approximate surface area is 103 Å². The van der Waals surface area contributed by atoms with Crippen molar-refractivity contribution in [2.45, 2.75) is 25.2 Å². The normalized spacial score (nSPS) is 20.2. The number of benzene rings is 1. The molecule has 3 nitrogen and oxygen atoms in total. The Hall–Kier alpha value is -1.43. The second-order valence-corrected chi connectivity index (χ2v) is 4.21. The van der Waals surface area contributed by atoms with Crippen molar-refractivity contribution in [2.24, 2.45) is 0 Å². The minimum atomic E-state index is -4.66. The van der Waals surface area contributed by atoms with Crippen LogP contribution in [0.1, 0.15) is 12.8 Å². The zero-order chi connectivity index (χ0) is 13.2. The van der Waals surface area contributed by atoms with Gasteiger partial charge in [0, 0.05) is 12.2 Å². The fraction of sp³-hybridized carbons (Fsp3) is 0.500. The maximum atomic E-state index is 12.0. The average molecular weight is 261 g/mol. The molecule has 0 bridgehead atoms. The van der Waals surface area contributed by atoms with Gasteiger partial charge in [0.15, 0.2) is 0 Å². The molecule has 1 fully saturated rings. The van der Waals surface area contributed by atoms with E-state index in [0.29, 0.717) is 0 Å². The van der Waals surface area contributed by atoms with Crippen molar-refractivity contribution in [1.29, 1.82) is 0 Å². The van der Waals surface area contributed by atoms with Crippen molar-refractivity contribution < 1.29 is 23.0 Å². The Kier molecular flexibility index (Phi) is 3.65. The number of nitrogens with zero attached hydrogens (tertiary/aromatic N) is 1. The lowest BCUT2D eigenvalue weighted by atomic mass is 10.2. The van der Waals surface area contributed by atoms with Crippen LogP contribution in [0.25, 0.3) is 0 Å². The van der Waals surface area contributed by atoms with Crippen LogP contribution >= 0.6 is 0 Å². The fourth-order valence-electron chi connectivity index (χ4n) is 2.20. The molecule has 1 aliphatic heterocycles. The highest BCUT2D eigenvalue weighted by Crippen LogP contribution is 2.29. The number of hydrogen-bond acceptors (Lipinski definition) is 3. The van der Waals surface area contributed by atoms with Gasteiger partial charge >= 0.3 is 6.36 Å². The van der Waals surface area contributed by atoms with E-state index in [4.69, 9.17) is 0 Å². The van der Waals surface area contributed by atoms with Gasteiger partial charge in [-0.2, -0.15) is 0 Å². The van der Waals surface area contributed by atoms with Crippen LogP contribution in [-0.2, 0) is 0 Å². The van der Waals surface area contributed by atoms with E-state index in [1.54, 1.807) is 12.1 Å². The third kappa shape index (κ3) is 3.07. The molecule has 0 saturated carbocycles. The predicted octanol–water partition coefficient (Wildman–Crippen LogP) is 2.55. The number of alkyl halides is 3. The standard InChI is InChI=1S/C12H14F3NO2/c13-12(14,15)18-11-5-3-9(4-6-11)16-7-1-2-10(16)8-17/h3-6,10,17H,1-2,7-8H2/t10-/m0/s1. The average Bonchev–Trinajstić information content (AvgIpc) is 2.76. The molecule has 6 heteroatoms. The number of anilines is 1.